The smallest absolute Gasteiger partial charge is 0.126 e. The maximum absolute atomic E-state index is 6.02. The Labute approximate surface area is 97.4 Å². The number of aromatic nitrogens is 2. The Bertz CT molecular complexity index is 379. The molecule has 4 nitrogen and oxygen atoms in total. The van der Waals surface area contributed by atoms with Gasteiger partial charge in [0.15, 0.2) is 0 Å². The Balaban J connectivity index is 2.07. The molecular weight excluding hydrogens is 200 g/mol. The first-order chi connectivity index (χ1) is 7.50. The lowest BCUT2D eigenvalue weighted by Gasteiger charge is -2.24. The van der Waals surface area contributed by atoms with Gasteiger partial charge in [0.05, 0.1) is 5.69 Å². The van der Waals surface area contributed by atoms with E-state index < -0.39 is 0 Å². The van der Waals surface area contributed by atoms with Gasteiger partial charge in [-0.15, -0.1) is 0 Å². The van der Waals surface area contributed by atoms with Crippen molar-refractivity contribution in [2.45, 2.75) is 39.3 Å². The summed E-state index contributed by atoms with van der Waals surface area (Å²) in [7, 11) is 4.07. The average Bonchev–Trinajstić information content (AvgIpc) is 3.03. The van der Waals surface area contributed by atoms with Crippen molar-refractivity contribution in [1.29, 1.82) is 0 Å². The monoisotopic (exact) mass is 222 g/mol. The molecular formula is C12H22N4. The first-order valence-electron chi connectivity index (χ1n) is 5.99. The summed E-state index contributed by atoms with van der Waals surface area (Å²) in [5, 5.41) is 4.35. The molecule has 1 unspecified atom stereocenters. The third-order valence-corrected chi connectivity index (χ3v) is 3.80. The van der Waals surface area contributed by atoms with Crippen molar-refractivity contribution in [1.82, 2.24) is 14.7 Å². The van der Waals surface area contributed by atoms with Crippen LogP contribution in [0.5, 0.6) is 0 Å². The van der Waals surface area contributed by atoms with Gasteiger partial charge in [0.25, 0.3) is 0 Å². The van der Waals surface area contributed by atoms with Crippen molar-refractivity contribution in [3.05, 3.63) is 11.3 Å². The van der Waals surface area contributed by atoms with Gasteiger partial charge in [-0.3, -0.25) is 9.58 Å². The summed E-state index contributed by atoms with van der Waals surface area (Å²) in [6.45, 7) is 5.24. The highest BCUT2D eigenvalue weighted by molar-refractivity contribution is 5.42. The SMILES string of the molecule is Cc1nn(C)c(N)c1CN(C)C(C)C1CC1. The number of aryl methyl sites for hydroxylation is 2. The summed E-state index contributed by atoms with van der Waals surface area (Å²) in [5.41, 5.74) is 8.25. The summed E-state index contributed by atoms with van der Waals surface area (Å²) < 4.78 is 1.76. The lowest BCUT2D eigenvalue weighted by atomic mass is 10.1. The van der Waals surface area contributed by atoms with E-state index >= 15 is 0 Å². The molecule has 2 N–H and O–H groups in total. The number of nitrogens with two attached hydrogens (primary N) is 1. The van der Waals surface area contributed by atoms with Crippen LogP contribution in [0.15, 0.2) is 0 Å². The molecule has 0 radical (unpaired) electrons. The van der Waals surface area contributed by atoms with Crippen molar-refractivity contribution in [3.8, 4) is 0 Å². The number of rotatable bonds is 4. The molecule has 0 aromatic carbocycles. The lowest BCUT2D eigenvalue weighted by molar-refractivity contribution is 0.226. The maximum atomic E-state index is 6.02. The largest absolute Gasteiger partial charge is 0.384 e. The van der Waals surface area contributed by atoms with Crippen LogP contribution in [0.3, 0.4) is 0 Å². The minimum atomic E-state index is 0.652. The van der Waals surface area contributed by atoms with Gasteiger partial charge in [-0.05, 0) is 39.7 Å². The topological polar surface area (TPSA) is 47.1 Å². The number of nitrogen functional groups attached to an aromatic ring is 1. The van der Waals surface area contributed by atoms with E-state index in [0.717, 1.165) is 24.0 Å². The van der Waals surface area contributed by atoms with Gasteiger partial charge in [0, 0.05) is 25.2 Å². The molecule has 0 spiro atoms. The highest BCUT2D eigenvalue weighted by atomic mass is 15.3. The van der Waals surface area contributed by atoms with E-state index in [0.29, 0.717) is 6.04 Å². The highest BCUT2D eigenvalue weighted by Crippen LogP contribution is 2.35. The Kier molecular flexibility index (Phi) is 2.93. The fraction of sp³-hybridized carbons (Fsp3) is 0.750. The molecule has 90 valence electrons. The van der Waals surface area contributed by atoms with Crippen molar-refractivity contribution in [2.24, 2.45) is 13.0 Å². The zero-order valence-corrected chi connectivity index (χ0v) is 10.7. The summed E-state index contributed by atoms with van der Waals surface area (Å²) in [4.78, 5) is 2.39. The molecule has 0 amide bonds. The first-order valence-corrected chi connectivity index (χ1v) is 5.99. The zero-order chi connectivity index (χ0) is 11.9. The van der Waals surface area contributed by atoms with E-state index in [1.165, 1.54) is 18.4 Å². The molecule has 1 aromatic rings. The molecule has 2 rings (SSSR count). The van der Waals surface area contributed by atoms with E-state index in [-0.39, 0.29) is 0 Å². The van der Waals surface area contributed by atoms with E-state index in [1.54, 1.807) is 4.68 Å². The van der Waals surface area contributed by atoms with Crippen LogP contribution in [0.1, 0.15) is 31.0 Å². The maximum Gasteiger partial charge on any atom is 0.126 e. The summed E-state index contributed by atoms with van der Waals surface area (Å²) in [5.74, 6) is 1.69. The molecule has 0 bridgehead atoms. The van der Waals surface area contributed by atoms with Gasteiger partial charge in [-0.2, -0.15) is 5.10 Å². The molecule has 16 heavy (non-hydrogen) atoms. The average molecular weight is 222 g/mol. The predicted octanol–water partition coefficient (Wildman–Crippen LogP) is 1.54. The molecule has 1 heterocycles. The molecule has 0 saturated heterocycles. The van der Waals surface area contributed by atoms with Crippen LogP contribution in [0.25, 0.3) is 0 Å². The second-order valence-corrected chi connectivity index (χ2v) is 5.07. The van der Waals surface area contributed by atoms with E-state index in [4.69, 9.17) is 5.73 Å². The standard InChI is InChI=1S/C12H22N4/c1-8-11(12(13)16(4)14-8)7-15(3)9(2)10-5-6-10/h9-10H,5-7,13H2,1-4H3. The van der Waals surface area contributed by atoms with Crippen molar-refractivity contribution >= 4 is 5.82 Å². The molecule has 1 aliphatic carbocycles. The molecule has 1 saturated carbocycles. The summed E-state index contributed by atoms with van der Waals surface area (Å²) in [6.07, 6.45) is 2.76. The minimum Gasteiger partial charge on any atom is -0.384 e. The van der Waals surface area contributed by atoms with Crippen molar-refractivity contribution in [3.63, 3.8) is 0 Å². The Hall–Kier alpha value is -1.03. The molecule has 1 aromatic heterocycles. The third kappa shape index (κ3) is 2.07. The normalized spacial score (nSPS) is 18.1. The number of nitrogens with zero attached hydrogens (tertiary/aromatic N) is 3. The predicted molar refractivity (Wildman–Crippen MR) is 66.0 cm³/mol. The van der Waals surface area contributed by atoms with Gasteiger partial charge >= 0.3 is 0 Å². The number of anilines is 1. The van der Waals surface area contributed by atoms with Crippen LogP contribution in [-0.2, 0) is 13.6 Å². The van der Waals surface area contributed by atoms with Crippen molar-refractivity contribution < 1.29 is 0 Å². The Morgan fingerprint density at radius 3 is 2.62 bits per heavy atom. The summed E-state index contributed by atoms with van der Waals surface area (Å²) >= 11 is 0. The Morgan fingerprint density at radius 2 is 2.19 bits per heavy atom. The van der Waals surface area contributed by atoms with Gasteiger partial charge < -0.3 is 5.73 Å². The van der Waals surface area contributed by atoms with Crippen LogP contribution in [0, 0.1) is 12.8 Å². The van der Waals surface area contributed by atoms with Gasteiger partial charge in [-0.1, -0.05) is 0 Å². The van der Waals surface area contributed by atoms with Gasteiger partial charge in [0.2, 0.25) is 0 Å². The number of hydrogen-bond acceptors (Lipinski definition) is 3. The fourth-order valence-electron chi connectivity index (χ4n) is 2.25. The van der Waals surface area contributed by atoms with Crippen LogP contribution in [0.2, 0.25) is 0 Å². The van der Waals surface area contributed by atoms with E-state index in [1.807, 2.05) is 14.0 Å². The van der Waals surface area contributed by atoms with Crippen LogP contribution in [-0.4, -0.2) is 27.8 Å². The highest BCUT2D eigenvalue weighted by Gasteiger charge is 2.30. The summed E-state index contributed by atoms with van der Waals surface area (Å²) in [6, 6.07) is 0.652. The second-order valence-electron chi connectivity index (χ2n) is 5.07. The zero-order valence-electron chi connectivity index (χ0n) is 10.7. The van der Waals surface area contributed by atoms with E-state index in [2.05, 4.69) is 24.0 Å². The quantitative estimate of drug-likeness (QED) is 0.840. The van der Waals surface area contributed by atoms with Gasteiger partial charge in [-0.25, -0.2) is 0 Å². The molecule has 1 fully saturated rings. The van der Waals surface area contributed by atoms with E-state index in [9.17, 15) is 0 Å². The fourth-order valence-corrected chi connectivity index (χ4v) is 2.25. The first kappa shape index (κ1) is 11.5. The van der Waals surface area contributed by atoms with Crippen LogP contribution in [0.4, 0.5) is 5.82 Å². The third-order valence-electron chi connectivity index (χ3n) is 3.80. The number of hydrogen-bond donors (Lipinski definition) is 1. The van der Waals surface area contributed by atoms with Gasteiger partial charge in [0.1, 0.15) is 5.82 Å². The minimum absolute atomic E-state index is 0.652. The molecule has 1 atom stereocenters. The lowest BCUT2D eigenvalue weighted by Crippen LogP contribution is -2.30. The molecule has 0 aliphatic heterocycles. The van der Waals surface area contributed by atoms with Crippen LogP contribution >= 0.6 is 0 Å². The van der Waals surface area contributed by atoms with Crippen molar-refractivity contribution in [2.75, 3.05) is 12.8 Å². The second kappa shape index (κ2) is 4.09. The molecule has 1 aliphatic rings. The van der Waals surface area contributed by atoms with Crippen LogP contribution < -0.4 is 5.73 Å². The Morgan fingerprint density at radius 1 is 1.56 bits per heavy atom. The molecule has 4 heteroatoms.